The van der Waals surface area contributed by atoms with Crippen LogP contribution < -0.4 is 10.6 Å². The molecule has 2 saturated heterocycles. The number of hydrogen-bond acceptors (Lipinski definition) is 8. The SMILES string of the molecule is CC(=O)NCC1CN(C2=CC(F)C(N3CCN(C(=O)CNC(=O)c4cn5cccnc5n4)CC3)C(F)=C2)C(=O)O1. The maximum atomic E-state index is 15.2. The van der Waals surface area contributed by atoms with Crippen molar-refractivity contribution in [3.05, 3.63) is 54.0 Å². The smallest absolute Gasteiger partial charge is 0.414 e. The fraction of sp³-hybridized carbons (Fsp3) is 0.440. The van der Waals surface area contributed by atoms with Crippen molar-refractivity contribution in [3.63, 3.8) is 0 Å². The first-order chi connectivity index (χ1) is 19.2. The summed E-state index contributed by atoms with van der Waals surface area (Å²) in [6.45, 7) is 2.13. The number of carbonyl (C=O) groups is 4. The normalized spacial score (nSPS) is 23.5. The summed E-state index contributed by atoms with van der Waals surface area (Å²) in [5.41, 5.74) is 0.185. The molecule has 40 heavy (non-hydrogen) atoms. The first kappa shape index (κ1) is 27.2. The van der Waals surface area contributed by atoms with Crippen molar-refractivity contribution in [3.8, 4) is 0 Å². The molecule has 2 N–H and O–H groups in total. The highest BCUT2D eigenvalue weighted by Gasteiger charge is 2.40. The molecule has 0 radical (unpaired) electrons. The van der Waals surface area contributed by atoms with Crippen molar-refractivity contribution in [2.45, 2.75) is 25.2 Å². The van der Waals surface area contributed by atoms with Gasteiger partial charge in [-0.15, -0.1) is 0 Å². The third kappa shape index (κ3) is 5.78. The summed E-state index contributed by atoms with van der Waals surface area (Å²) in [6.07, 6.45) is 3.96. The number of imidazole rings is 1. The highest BCUT2D eigenvalue weighted by Crippen LogP contribution is 2.30. The molecule has 2 fully saturated rings. The van der Waals surface area contributed by atoms with Crippen molar-refractivity contribution in [1.82, 2.24) is 39.7 Å². The van der Waals surface area contributed by atoms with Gasteiger partial charge in [-0.1, -0.05) is 0 Å². The second-order valence-electron chi connectivity index (χ2n) is 9.62. The monoisotopic (exact) mass is 558 g/mol. The second-order valence-corrected chi connectivity index (χ2v) is 9.62. The van der Waals surface area contributed by atoms with Crippen LogP contribution in [0.15, 0.2) is 48.3 Å². The Balaban J connectivity index is 1.11. The van der Waals surface area contributed by atoms with E-state index in [9.17, 15) is 19.2 Å². The zero-order valence-electron chi connectivity index (χ0n) is 21.6. The maximum absolute atomic E-state index is 15.2. The van der Waals surface area contributed by atoms with Gasteiger partial charge in [-0.3, -0.25) is 28.6 Å². The van der Waals surface area contributed by atoms with E-state index < -0.39 is 36.1 Å². The van der Waals surface area contributed by atoms with Crippen LogP contribution in [0.2, 0.25) is 0 Å². The van der Waals surface area contributed by atoms with Gasteiger partial charge in [-0.25, -0.2) is 23.5 Å². The van der Waals surface area contributed by atoms with E-state index in [4.69, 9.17) is 4.74 Å². The van der Waals surface area contributed by atoms with Crippen molar-refractivity contribution in [2.24, 2.45) is 0 Å². The van der Waals surface area contributed by atoms with Crippen molar-refractivity contribution >= 4 is 29.6 Å². The van der Waals surface area contributed by atoms with Crippen LogP contribution in [0.25, 0.3) is 5.78 Å². The molecule has 4 amide bonds. The molecule has 0 aromatic carbocycles. The summed E-state index contributed by atoms with van der Waals surface area (Å²) in [5, 5.41) is 5.10. The standard InChI is InChI=1S/C25H28F2N8O5/c1-15(36)29-11-17-13-35(25(39)40-17)16-9-18(26)22(19(27)10-16)33-7-5-32(6-8-33)21(37)12-30-23(38)20-14-34-4-2-3-28-24(34)31-20/h2-4,9-10,14,17-18,22H,5-8,11-13H2,1H3,(H,29,36)(H,30,38). The van der Waals surface area contributed by atoms with Crippen LogP contribution in [0, 0.1) is 0 Å². The molecule has 2 aromatic rings. The zero-order chi connectivity index (χ0) is 28.4. The highest BCUT2D eigenvalue weighted by molar-refractivity contribution is 5.95. The predicted octanol–water partition coefficient (Wildman–Crippen LogP) is 0.0178. The lowest BCUT2D eigenvalue weighted by Crippen LogP contribution is -2.56. The summed E-state index contributed by atoms with van der Waals surface area (Å²) in [6, 6.07) is 0.517. The molecular weight excluding hydrogens is 530 g/mol. The first-order valence-electron chi connectivity index (χ1n) is 12.7. The summed E-state index contributed by atoms with van der Waals surface area (Å²) in [7, 11) is 0. The summed E-state index contributed by atoms with van der Waals surface area (Å²) < 4.78 is 37.1. The number of nitrogens with one attached hydrogen (secondary N) is 2. The molecule has 5 rings (SSSR count). The van der Waals surface area contributed by atoms with E-state index >= 15 is 8.78 Å². The number of amides is 4. The number of alkyl halides is 1. The molecule has 3 atom stereocenters. The number of cyclic esters (lactones) is 1. The molecule has 1 aliphatic carbocycles. The number of piperazine rings is 1. The molecule has 0 bridgehead atoms. The highest BCUT2D eigenvalue weighted by atomic mass is 19.1. The molecule has 13 nitrogen and oxygen atoms in total. The number of allylic oxidation sites excluding steroid dienone is 1. The Kier molecular flexibility index (Phi) is 7.73. The lowest BCUT2D eigenvalue weighted by atomic mass is 10.00. The molecule has 212 valence electrons. The molecule has 0 saturated carbocycles. The van der Waals surface area contributed by atoms with Crippen LogP contribution in [-0.2, 0) is 14.3 Å². The molecule has 3 aliphatic rings. The van der Waals surface area contributed by atoms with Gasteiger partial charge in [0.25, 0.3) is 5.91 Å². The number of nitrogens with zero attached hydrogens (tertiary/aromatic N) is 6. The van der Waals surface area contributed by atoms with Gasteiger partial charge in [0.2, 0.25) is 17.6 Å². The van der Waals surface area contributed by atoms with E-state index in [1.165, 1.54) is 24.1 Å². The average Bonchev–Trinajstić information content (AvgIpc) is 3.53. The summed E-state index contributed by atoms with van der Waals surface area (Å²) in [5.74, 6) is -1.50. The molecule has 15 heteroatoms. The van der Waals surface area contributed by atoms with E-state index in [2.05, 4.69) is 20.6 Å². The van der Waals surface area contributed by atoms with E-state index in [0.717, 1.165) is 11.0 Å². The van der Waals surface area contributed by atoms with Crippen molar-refractivity contribution in [1.29, 1.82) is 0 Å². The van der Waals surface area contributed by atoms with E-state index in [1.807, 2.05) is 0 Å². The Bertz CT molecular complexity index is 1350. The minimum atomic E-state index is -1.73. The summed E-state index contributed by atoms with van der Waals surface area (Å²) in [4.78, 5) is 60.9. The first-order valence-corrected chi connectivity index (χ1v) is 12.7. The quantitative estimate of drug-likeness (QED) is 0.485. The van der Waals surface area contributed by atoms with Crippen LogP contribution in [0.5, 0.6) is 0 Å². The van der Waals surface area contributed by atoms with Gasteiger partial charge >= 0.3 is 6.09 Å². The number of ether oxygens (including phenoxy) is 1. The largest absolute Gasteiger partial charge is 0.442 e. The van der Waals surface area contributed by atoms with Gasteiger partial charge in [0.15, 0.2) is 0 Å². The van der Waals surface area contributed by atoms with Crippen molar-refractivity contribution in [2.75, 3.05) is 45.8 Å². The zero-order valence-corrected chi connectivity index (χ0v) is 21.6. The predicted molar refractivity (Wildman–Crippen MR) is 135 cm³/mol. The Hall–Kier alpha value is -4.40. The van der Waals surface area contributed by atoms with Crippen molar-refractivity contribution < 1.29 is 32.7 Å². The Morgan fingerprint density at radius 2 is 1.95 bits per heavy atom. The molecule has 3 unspecified atom stereocenters. The second kappa shape index (κ2) is 11.4. The number of rotatable bonds is 7. The third-order valence-electron chi connectivity index (χ3n) is 6.89. The Labute approximate surface area is 227 Å². The topological polar surface area (TPSA) is 141 Å². The van der Waals surface area contributed by atoms with Crippen LogP contribution in [0.4, 0.5) is 13.6 Å². The number of aromatic nitrogens is 3. The van der Waals surface area contributed by atoms with Crippen LogP contribution >= 0.6 is 0 Å². The van der Waals surface area contributed by atoms with Crippen LogP contribution in [0.3, 0.4) is 0 Å². The number of fused-ring (bicyclic) bond motifs is 1. The number of carbonyl (C=O) groups excluding carboxylic acids is 4. The van der Waals surface area contributed by atoms with Gasteiger partial charge in [-0.05, 0) is 18.2 Å². The Morgan fingerprint density at radius 1 is 1.18 bits per heavy atom. The van der Waals surface area contributed by atoms with Gasteiger partial charge in [0.05, 0.1) is 25.7 Å². The van der Waals surface area contributed by atoms with Gasteiger partial charge in [0, 0.05) is 57.4 Å². The molecular formula is C25H28F2N8O5. The molecule has 0 spiro atoms. The van der Waals surface area contributed by atoms with Gasteiger partial charge < -0.3 is 20.3 Å². The molecule has 4 heterocycles. The Morgan fingerprint density at radius 3 is 2.65 bits per heavy atom. The minimum Gasteiger partial charge on any atom is -0.442 e. The molecule has 2 aliphatic heterocycles. The minimum absolute atomic E-state index is 0.0531. The molecule has 2 aromatic heterocycles. The van der Waals surface area contributed by atoms with Crippen LogP contribution in [-0.4, -0.2) is 117 Å². The maximum Gasteiger partial charge on any atom is 0.414 e. The van der Waals surface area contributed by atoms with Gasteiger partial charge in [0.1, 0.15) is 23.8 Å². The number of hydrogen-bond donors (Lipinski definition) is 2. The van der Waals surface area contributed by atoms with Crippen LogP contribution in [0.1, 0.15) is 17.4 Å². The average molecular weight is 559 g/mol. The summed E-state index contributed by atoms with van der Waals surface area (Å²) >= 11 is 0. The van der Waals surface area contributed by atoms with E-state index in [0.29, 0.717) is 5.78 Å². The van der Waals surface area contributed by atoms with Gasteiger partial charge in [-0.2, -0.15) is 0 Å². The lowest BCUT2D eigenvalue weighted by Gasteiger charge is -2.40. The lowest BCUT2D eigenvalue weighted by molar-refractivity contribution is -0.132. The fourth-order valence-electron chi connectivity index (χ4n) is 4.87. The third-order valence-corrected chi connectivity index (χ3v) is 6.89. The fourth-order valence-corrected chi connectivity index (χ4v) is 4.87. The van der Waals surface area contributed by atoms with E-state index in [-0.39, 0.29) is 69.0 Å². The number of halogens is 2. The van der Waals surface area contributed by atoms with E-state index in [1.54, 1.807) is 27.8 Å².